The highest BCUT2D eigenvalue weighted by Gasteiger charge is 2.43. The third kappa shape index (κ3) is 4.55. The molecule has 5 heteroatoms. The van der Waals surface area contributed by atoms with Gasteiger partial charge in [0.05, 0.1) is 12.2 Å². The van der Waals surface area contributed by atoms with E-state index in [1.165, 1.54) is 4.88 Å². The van der Waals surface area contributed by atoms with E-state index in [0.717, 1.165) is 45.5 Å². The van der Waals surface area contributed by atoms with Crippen LogP contribution in [0.4, 0.5) is 0 Å². The molecule has 1 unspecified atom stereocenters. The Hall–Kier alpha value is -0.910. The van der Waals surface area contributed by atoms with Crippen LogP contribution in [0, 0.1) is 5.92 Å². The first-order chi connectivity index (χ1) is 11.0. The standard InChI is InChI=1S/C18H28N2O2S/c1-14(2)19-17(21)10-15-11-18(22-13-15)5-7-20(8-6-18)12-16-4-3-9-23-16/h3-4,9,14-15H,5-8,10-13H2,1-2H3,(H,19,21). The molecular formula is C18H28N2O2S. The summed E-state index contributed by atoms with van der Waals surface area (Å²) in [5, 5.41) is 5.14. The largest absolute Gasteiger partial charge is 0.375 e. The van der Waals surface area contributed by atoms with Crippen LogP contribution in [0.15, 0.2) is 17.5 Å². The summed E-state index contributed by atoms with van der Waals surface area (Å²) >= 11 is 1.83. The summed E-state index contributed by atoms with van der Waals surface area (Å²) < 4.78 is 6.18. The third-order valence-corrected chi connectivity index (χ3v) is 5.80. The number of nitrogens with one attached hydrogen (secondary N) is 1. The Kier molecular flexibility index (Phi) is 5.39. The molecule has 0 saturated carbocycles. The van der Waals surface area contributed by atoms with Gasteiger partial charge in [0.2, 0.25) is 5.91 Å². The van der Waals surface area contributed by atoms with E-state index in [2.05, 4.69) is 27.7 Å². The molecule has 4 nitrogen and oxygen atoms in total. The zero-order valence-corrected chi connectivity index (χ0v) is 15.0. The van der Waals surface area contributed by atoms with Gasteiger partial charge in [-0.05, 0) is 50.5 Å². The van der Waals surface area contributed by atoms with Crippen LogP contribution in [0.1, 0.15) is 44.4 Å². The van der Waals surface area contributed by atoms with Crippen LogP contribution in [0.3, 0.4) is 0 Å². The van der Waals surface area contributed by atoms with E-state index < -0.39 is 0 Å². The van der Waals surface area contributed by atoms with Gasteiger partial charge in [0.25, 0.3) is 0 Å². The first kappa shape index (κ1) is 16.9. The van der Waals surface area contributed by atoms with Crippen molar-refractivity contribution in [2.75, 3.05) is 19.7 Å². The van der Waals surface area contributed by atoms with Crippen molar-refractivity contribution in [2.24, 2.45) is 5.92 Å². The minimum atomic E-state index is 0.0364. The highest BCUT2D eigenvalue weighted by Crippen LogP contribution is 2.40. The highest BCUT2D eigenvalue weighted by atomic mass is 32.1. The summed E-state index contributed by atoms with van der Waals surface area (Å²) in [5.41, 5.74) is 0.0364. The predicted octanol–water partition coefficient (Wildman–Crippen LogP) is 3.03. The fourth-order valence-corrected chi connectivity index (χ4v) is 4.55. The van der Waals surface area contributed by atoms with Crippen molar-refractivity contribution in [2.45, 2.75) is 57.7 Å². The molecule has 2 saturated heterocycles. The van der Waals surface area contributed by atoms with Crippen LogP contribution >= 0.6 is 11.3 Å². The number of thiophene rings is 1. The topological polar surface area (TPSA) is 41.6 Å². The zero-order valence-electron chi connectivity index (χ0n) is 14.2. The Bertz CT molecular complexity index is 507. The maximum absolute atomic E-state index is 11.9. The van der Waals surface area contributed by atoms with Gasteiger partial charge in [-0.25, -0.2) is 0 Å². The summed E-state index contributed by atoms with van der Waals surface area (Å²) in [6, 6.07) is 4.56. The molecule has 0 aromatic carbocycles. The molecule has 0 aliphatic carbocycles. The molecule has 0 bridgehead atoms. The smallest absolute Gasteiger partial charge is 0.220 e. The van der Waals surface area contributed by atoms with Gasteiger partial charge in [-0.3, -0.25) is 9.69 Å². The summed E-state index contributed by atoms with van der Waals surface area (Å²) in [5.74, 6) is 0.554. The molecule has 2 aliphatic heterocycles. The van der Waals surface area contributed by atoms with E-state index in [1.54, 1.807) is 0 Å². The van der Waals surface area contributed by atoms with Gasteiger partial charge in [-0.2, -0.15) is 0 Å². The average Bonchev–Trinajstić information content (AvgIpc) is 3.12. The van der Waals surface area contributed by atoms with Crippen molar-refractivity contribution < 1.29 is 9.53 Å². The molecule has 1 spiro atoms. The van der Waals surface area contributed by atoms with Crippen molar-refractivity contribution in [1.29, 1.82) is 0 Å². The molecule has 128 valence electrons. The Balaban J connectivity index is 1.44. The lowest BCUT2D eigenvalue weighted by Gasteiger charge is -2.38. The van der Waals surface area contributed by atoms with Crippen molar-refractivity contribution >= 4 is 17.2 Å². The van der Waals surface area contributed by atoms with Crippen molar-refractivity contribution in [3.63, 3.8) is 0 Å². The number of piperidine rings is 1. The molecule has 1 amide bonds. The molecule has 1 atom stereocenters. The van der Waals surface area contributed by atoms with E-state index in [0.29, 0.717) is 12.3 Å². The van der Waals surface area contributed by atoms with E-state index in [9.17, 15) is 4.79 Å². The monoisotopic (exact) mass is 336 g/mol. The Labute approximate surface area is 143 Å². The van der Waals surface area contributed by atoms with Gasteiger partial charge in [-0.1, -0.05) is 6.07 Å². The summed E-state index contributed by atoms with van der Waals surface area (Å²) in [6.45, 7) is 8.03. The molecule has 2 fully saturated rings. The quantitative estimate of drug-likeness (QED) is 0.898. The van der Waals surface area contributed by atoms with Crippen molar-refractivity contribution in [3.05, 3.63) is 22.4 Å². The lowest BCUT2D eigenvalue weighted by atomic mass is 9.84. The first-order valence-electron chi connectivity index (χ1n) is 8.73. The van der Waals surface area contributed by atoms with Crippen molar-refractivity contribution in [3.8, 4) is 0 Å². The minimum absolute atomic E-state index is 0.0364. The molecule has 1 N–H and O–H groups in total. The molecule has 1 aromatic rings. The van der Waals surface area contributed by atoms with E-state index >= 15 is 0 Å². The fraction of sp³-hybridized carbons (Fsp3) is 0.722. The molecule has 0 radical (unpaired) electrons. The van der Waals surface area contributed by atoms with Gasteiger partial charge in [0.1, 0.15) is 0 Å². The lowest BCUT2D eigenvalue weighted by molar-refractivity contribution is -0.122. The van der Waals surface area contributed by atoms with Gasteiger partial charge in [-0.15, -0.1) is 11.3 Å². The van der Waals surface area contributed by atoms with Crippen LogP contribution in [-0.4, -0.2) is 42.1 Å². The maximum atomic E-state index is 11.9. The Morgan fingerprint density at radius 2 is 2.26 bits per heavy atom. The second-order valence-corrected chi connectivity index (χ2v) is 8.38. The van der Waals surface area contributed by atoms with E-state index in [1.807, 2.05) is 25.2 Å². The second-order valence-electron chi connectivity index (χ2n) is 7.35. The second kappa shape index (κ2) is 7.32. The Morgan fingerprint density at radius 3 is 2.91 bits per heavy atom. The summed E-state index contributed by atoms with van der Waals surface area (Å²) in [4.78, 5) is 15.9. The highest BCUT2D eigenvalue weighted by molar-refractivity contribution is 7.09. The van der Waals surface area contributed by atoms with Gasteiger partial charge in [0.15, 0.2) is 0 Å². The first-order valence-corrected chi connectivity index (χ1v) is 9.61. The lowest BCUT2D eigenvalue weighted by Crippen LogP contribution is -2.43. The third-order valence-electron chi connectivity index (χ3n) is 4.94. The predicted molar refractivity (Wildman–Crippen MR) is 93.5 cm³/mol. The van der Waals surface area contributed by atoms with Crippen LogP contribution in [-0.2, 0) is 16.1 Å². The number of hydrogen-bond acceptors (Lipinski definition) is 4. The molecular weight excluding hydrogens is 308 g/mol. The average molecular weight is 337 g/mol. The van der Waals surface area contributed by atoms with Gasteiger partial charge < -0.3 is 10.1 Å². The molecule has 23 heavy (non-hydrogen) atoms. The van der Waals surface area contributed by atoms with E-state index in [4.69, 9.17) is 4.74 Å². The zero-order chi connectivity index (χ0) is 16.3. The van der Waals surface area contributed by atoms with Crippen molar-refractivity contribution in [1.82, 2.24) is 10.2 Å². The summed E-state index contributed by atoms with van der Waals surface area (Å²) in [7, 11) is 0. The molecule has 2 aliphatic rings. The normalized spacial score (nSPS) is 24.4. The number of carbonyl (C=O) groups excluding carboxylic acids is 1. The van der Waals surface area contributed by atoms with Crippen LogP contribution < -0.4 is 5.32 Å². The SMILES string of the molecule is CC(C)NC(=O)CC1COC2(CCN(Cc3cccs3)CC2)C1. The molecule has 1 aromatic heterocycles. The van der Waals surface area contributed by atoms with Crippen LogP contribution in [0.5, 0.6) is 0 Å². The molecule has 3 heterocycles. The van der Waals surface area contributed by atoms with Gasteiger partial charge >= 0.3 is 0 Å². The number of likely N-dealkylation sites (tertiary alicyclic amines) is 1. The van der Waals surface area contributed by atoms with E-state index in [-0.39, 0.29) is 17.6 Å². The van der Waals surface area contributed by atoms with Crippen LogP contribution in [0.25, 0.3) is 0 Å². The van der Waals surface area contributed by atoms with Gasteiger partial charge in [0, 0.05) is 37.0 Å². The number of carbonyl (C=O) groups is 1. The summed E-state index contributed by atoms with van der Waals surface area (Å²) in [6.07, 6.45) is 3.85. The Morgan fingerprint density at radius 1 is 1.48 bits per heavy atom. The minimum Gasteiger partial charge on any atom is -0.375 e. The number of nitrogens with zero attached hydrogens (tertiary/aromatic N) is 1. The number of ether oxygens (including phenoxy) is 1. The maximum Gasteiger partial charge on any atom is 0.220 e. The fourth-order valence-electron chi connectivity index (χ4n) is 3.80. The van der Waals surface area contributed by atoms with Crippen LogP contribution in [0.2, 0.25) is 0 Å². The number of amides is 1. The number of rotatable bonds is 5. The number of hydrogen-bond donors (Lipinski definition) is 1. The molecule has 3 rings (SSSR count).